The highest BCUT2D eigenvalue weighted by molar-refractivity contribution is 5.94. The van der Waals surface area contributed by atoms with Gasteiger partial charge in [-0.3, -0.25) is 15.1 Å². The van der Waals surface area contributed by atoms with Crippen molar-refractivity contribution in [2.75, 3.05) is 31.1 Å². The second kappa shape index (κ2) is 4.66. The van der Waals surface area contributed by atoms with Gasteiger partial charge in [0.15, 0.2) is 0 Å². The number of rotatable bonds is 2. The standard InChI is InChI=1S/C15H16N4O2/c20-19(21)15-12-2-1-5-17-13(12)3-4-14(15)18-8-10-6-16-7-11(10)9-18/h1-5,10-11,16H,6-9H2/t10-,11+. The molecule has 1 aromatic carbocycles. The number of nitrogens with zero attached hydrogens (tertiary/aromatic N) is 3. The Morgan fingerprint density at radius 2 is 2.00 bits per heavy atom. The number of anilines is 1. The maximum absolute atomic E-state index is 11.6. The number of hydrogen-bond donors (Lipinski definition) is 1. The molecule has 1 N–H and O–H groups in total. The normalized spacial score (nSPS) is 24.5. The number of aromatic nitrogens is 1. The molecule has 0 amide bonds. The summed E-state index contributed by atoms with van der Waals surface area (Å²) in [5.41, 5.74) is 1.59. The minimum absolute atomic E-state index is 0.188. The molecule has 2 aliphatic heterocycles. The first-order chi connectivity index (χ1) is 10.2. The molecule has 21 heavy (non-hydrogen) atoms. The lowest BCUT2D eigenvalue weighted by atomic mass is 10.0. The number of pyridine rings is 1. The number of nitrogens with one attached hydrogen (secondary N) is 1. The number of nitro benzene ring substituents is 1. The maximum atomic E-state index is 11.6. The van der Waals surface area contributed by atoms with Crippen molar-refractivity contribution in [2.24, 2.45) is 11.8 Å². The fourth-order valence-electron chi connectivity index (χ4n) is 3.62. The summed E-state index contributed by atoms with van der Waals surface area (Å²) in [6.07, 6.45) is 1.66. The van der Waals surface area contributed by atoms with E-state index >= 15 is 0 Å². The van der Waals surface area contributed by atoms with E-state index in [1.807, 2.05) is 12.1 Å². The van der Waals surface area contributed by atoms with Crippen LogP contribution in [0.2, 0.25) is 0 Å². The van der Waals surface area contributed by atoms with Gasteiger partial charge in [-0.1, -0.05) is 0 Å². The molecule has 0 unspecified atom stereocenters. The van der Waals surface area contributed by atoms with Crippen LogP contribution in [-0.2, 0) is 0 Å². The van der Waals surface area contributed by atoms with E-state index in [0.717, 1.165) is 31.9 Å². The van der Waals surface area contributed by atoms with Crippen LogP contribution in [0.3, 0.4) is 0 Å². The van der Waals surface area contributed by atoms with Gasteiger partial charge in [-0.2, -0.15) is 0 Å². The van der Waals surface area contributed by atoms with Gasteiger partial charge in [0.2, 0.25) is 0 Å². The molecule has 0 aliphatic carbocycles. The first-order valence-electron chi connectivity index (χ1n) is 7.22. The Morgan fingerprint density at radius 1 is 1.24 bits per heavy atom. The Labute approximate surface area is 121 Å². The molecule has 6 heteroatoms. The molecule has 4 rings (SSSR count). The molecule has 0 saturated carbocycles. The van der Waals surface area contributed by atoms with Crippen molar-refractivity contribution in [1.82, 2.24) is 10.3 Å². The Morgan fingerprint density at radius 3 is 2.71 bits per heavy atom. The van der Waals surface area contributed by atoms with Crippen molar-refractivity contribution >= 4 is 22.3 Å². The second-order valence-corrected chi connectivity index (χ2v) is 5.84. The predicted octanol–water partition coefficient (Wildman–Crippen LogP) is 1.80. The number of hydrogen-bond acceptors (Lipinski definition) is 5. The Hall–Kier alpha value is -2.21. The van der Waals surface area contributed by atoms with Gasteiger partial charge in [0.25, 0.3) is 0 Å². The van der Waals surface area contributed by atoms with E-state index < -0.39 is 0 Å². The van der Waals surface area contributed by atoms with Gasteiger partial charge < -0.3 is 10.2 Å². The molecule has 1 aromatic heterocycles. The number of nitro groups is 1. The fraction of sp³-hybridized carbons (Fsp3) is 0.400. The zero-order chi connectivity index (χ0) is 14.4. The van der Waals surface area contributed by atoms with Crippen molar-refractivity contribution < 1.29 is 4.92 Å². The zero-order valence-electron chi connectivity index (χ0n) is 11.5. The van der Waals surface area contributed by atoms with E-state index in [2.05, 4.69) is 15.2 Å². The molecule has 0 bridgehead atoms. The summed E-state index contributed by atoms with van der Waals surface area (Å²) in [6.45, 7) is 3.82. The summed E-state index contributed by atoms with van der Waals surface area (Å²) in [4.78, 5) is 17.7. The van der Waals surface area contributed by atoms with E-state index in [0.29, 0.717) is 22.7 Å². The predicted molar refractivity (Wildman–Crippen MR) is 80.5 cm³/mol. The molecule has 2 saturated heterocycles. The highest BCUT2D eigenvalue weighted by atomic mass is 16.6. The smallest absolute Gasteiger partial charge is 0.301 e. The van der Waals surface area contributed by atoms with Crippen LogP contribution < -0.4 is 10.2 Å². The number of fused-ring (bicyclic) bond motifs is 2. The quantitative estimate of drug-likeness (QED) is 0.672. The van der Waals surface area contributed by atoms with Crippen molar-refractivity contribution in [2.45, 2.75) is 0 Å². The third-order valence-electron chi connectivity index (χ3n) is 4.65. The van der Waals surface area contributed by atoms with Gasteiger partial charge in [-0.25, -0.2) is 0 Å². The molecule has 2 fully saturated rings. The number of benzene rings is 1. The van der Waals surface area contributed by atoms with Crippen molar-refractivity contribution in [3.05, 3.63) is 40.6 Å². The van der Waals surface area contributed by atoms with Gasteiger partial charge in [-0.05, 0) is 36.1 Å². The summed E-state index contributed by atoms with van der Waals surface area (Å²) in [5.74, 6) is 1.21. The first kappa shape index (κ1) is 12.5. The monoisotopic (exact) mass is 284 g/mol. The molecule has 0 radical (unpaired) electrons. The van der Waals surface area contributed by atoms with Crippen LogP contribution in [0.5, 0.6) is 0 Å². The van der Waals surface area contributed by atoms with E-state index in [1.165, 1.54) is 0 Å². The van der Waals surface area contributed by atoms with Crippen LogP contribution in [0.4, 0.5) is 11.4 Å². The first-order valence-corrected chi connectivity index (χ1v) is 7.22. The van der Waals surface area contributed by atoms with Gasteiger partial charge >= 0.3 is 5.69 Å². The summed E-state index contributed by atoms with van der Waals surface area (Å²) in [6, 6.07) is 7.26. The summed E-state index contributed by atoms with van der Waals surface area (Å²) in [7, 11) is 0. The Bertz CT molecular complexity index is 706. The molecular formula is C15H16N4O2. The summed E-state index contributed by atoms with van der Waals surface area (Å²) >= 11 is 0. The Balaban J connectivity index is 1.81. The maximum Gasteiger partial charge on any atom is 0.301 e. The van der Waals surface area contributed by atoms with E-state index in [1.54, 1.807) is 18.3 Å². The third-order valence-corrected chi connectivity index (χ3v) is 4.65. The van der Waals surface area contributed by atoms with Gasteiger partial charge in [0.05, 0.1) is 15.8 Å². The van der Waals surface area contributed by atoms with Crippen LogP contribution in [0.25, 0.3) is 10.9 Å². The van der Waals surface area contributed by atoms with Crippen LogP contribution in [0.1, 0.15) is 0 Å². The zero-order valence-corrected chi connectivity index (χ0v) is 11.5. The lowest BCUT2D eigenvalue weighted by Crippen LogP contribution is -2.26. The van der Waals surface area contributed by atoms with Crippen LogP contribution in [0, 0.1) is 22.0 Å². The highest BCUT2D eigenvalue weighted by Gasteiger charge is 2.38. The van der Waals surface area contributed by atoms with Crippen LogP contribution in [-0.4, -0.2) is 36.1 Å². The second-order valence-electron chi connectivity index (χ2n) is 5.84. The van der Waals surface area contributed by atoms with Gasteiger partial charge in [-0.15, -0.1) is 0 Å². The van der Waals surface area contributed by atoms with Crippen molar-refractivity contribution in [3.8, 4) is 0 Å². The summed E-state index contributed by atoms with van der Waals surface area (Å²) < 4.78 is 0. The fourth-order valence-corrected chi connectivity index (χ4v) is 3.62. The topological polar surface area (TPSA) is 71.3 Å². The molecular weight excluding hydrogens is 268 g/mol. The molecule has 6 nitrogen and oxygen atoms in total. The average Bonchev–Trinajstić information content (AvgIpc) is 3.07. The van der Waals surface area contributed by atoms with E-state index in [-0.39, 0.29) is 10.6 Å². The molecule has 108 valence electrons. The van der Waals surface area contributed by atoms with Crippen LogP contribution in [0.15, 0.2) is 30.5 Å². The van der Waals surface area contributed by atoms with Crippen molar-refractivity contribution in [3.63, 3.8) is 0 Å². The van der Waals surface area contributed by atoms with Gasteiger partial charge in [0, 0.05) is 32.4 Å². The Kier molecular flexibility index (Phi) is 2.78. The molecule has 2 atom stereocenters. The molecule has 2 aromatic rings. The highest BCUT2D eigenvalue weighted by Crippen LogP contribution is 2.39. The molecule has 2 aliphatic rings. The lowest BCUT2D eigenvalue weighted by molar-refractivity contribution is -0.382. The van der Waals surface area contributed by atoms with Crippen molar-refractivity contribution in [1.29, 1.82) is 0 Å². The third kappa shape index (κ3) is 1.94. The van der Waals surface area contributed by atoms with E-state index in [9.17, 15) is 10.1 Å². The minimum atomic E-state index is -0.272. The molecule has 3 heterocycles. The SMILES string of the molecule is O=[N+]([O-])c1c(N2C[C@H]3CNC[C@H]3C2)ccc2ncccc12. The largest absolute Gasteiger partial charge is 0.365 e. The molecule has 0 spiro atoms. The van der Waals surface area contributed by atoms with Crippen LogP contribution >= 0.6 is 0 Å². The summed E-state index contributed by atoms with van der Waals surface area (Å²) in [5, 5.41) is 15.6. The van der Waals surface area contributed by atoms with E-state index in [4.69, 9.17) is 0 Å². The lowest BCUT2D eigenvalue weighted by Gasteiger charge is -2.20. The minimum Gasteiger partial charge on any atom is -0.365 e. The van der Waals surface area contributed by atoms with Gasteiger partial charge in [0.1, 0.15) is 5.69 Å². The average molecular weight is 284 g/mol.